The molecule has 1 fully saturated rings. The summed E-state index contributed by atoms with van der Waals surface area (Å²) >= 11 is 0. The van der Waals surface area contributed by atoms with Crippen LogP contribution in [0.15, 0.2) is 30.3 Å². The zero-order chi connectivity index (χ0) is 16.7. The summed E-state index contributed by atoms with van der Waals surface area (Å²) < 4.78 is 1.99. The van der Waals surface area contributed by atoms with Crippen LogP contribution in [0.4, 0.5) is 0 Å². The van der Waals surface area contributed by atoms with Crippen molar-refractivity contribution in [1.29, 1.82) is 0 Å². The molecule has 1 amide bonds. The van der Waals surface area contributed by atoms with E-state index in [1.165, 1.54) is 17.7 Å². The second-order valence-electron chi connectivity index (χ2n) is 7.87. The number of amides is 1. The lowest BCUT2D eigenvalue weighted by Gasteiger charge is -2.37. The van der Waals surface area contributed by atoms with Gasteiger partial charge in [-0.2, -0.15) is 5.10 Å². The zero-order valence-electron chi connectivity index (χ0n) is 14.6. The van der Waals surface area contributed by atoms with Gasteiger partial charge in [-0.3, -0.25) is 4.79 Å². The number of hydrogen-bond acceptors (Lipinski definition) is 2. The van der Waals surface area contributed by atoms with Crippen LogP contribution in [0.3, 0.4) is 0 Å². The smallest absolute Gasteiger partial charge is 0.274 e. The Kier molecular flexibility index (Phi) is 3.70. The summed E-state index contributed by atoms with van der Waals surface area (Å²) in [7, 11) is 0. The van der Waals surface area contributed by atoms with Crippen LogP contribution in [0.2, 0.25) is 0 Å². The molecule has 0 spiro atoms. The van der Waals surface area contributed by atoms with Gasteiger partial charge in [0.2, 0.25) is 0 Å². The molecule has 2 heterocycles. The van der Waals surface area contributed by atoms with Gasteiger partial charge in [0.15, 0.2) is 5.69 Å². The topological polar surface area (TPSA) is 38.1 Å². The predicted octanol–water partition coefficient (Wildman–Crippen LogP) is 3.62. The average Bonchev–Trinajstić information content (AvgIpc) is 3.16. The van der Waals surface area contributed by atoms with Gasteiger partial charge in [0.05, 0.1) is 5.69 Å². The van der Waals surface area contributed by atoms with Crippen molar-refractivity contribution in [1.82, 2.24) is 14.7 Å². The summed E-state index contributed by atoms with van der Waals surface area (Å²) in [4.78, 5) is 15.2. The fraction of sp³-hybridized carbons (Fsp3) is 0.500. The van der Waals surface area contributed by atoms with E-state index in [9.17, 15) is 4.79 Å². The normalized spacial score (nSPS) is 19.3. The Morgan fingerprint density at radius 2 is 1.92 bits per heavy atom. The molecule has 1 aliphatic heterocycles. The summed E-state index contributed by atoms with van der Waals surface area (Å²) in [5.41, 5.74) is 4.34. The standard InChI is InChI=1S/C20H25N3O/c1-20(2)12-7-13-22(14-20)19(24)18-16-10-6-11-17(16)23(21-18)15-8-4-3-5-9-15/h3-5,8-9H,6-7,10-14H2,1-2H3. The van der Waals surface area contributed by atoms with Crippen LogP contribution in [0, 0.1) is 5.41 Å². The molecule has 4 nitrogen and oxygen atoms in total. The molecule has 2 aliphatic rings. The van der Waals surface area contributed by atoms with Crippen molar-refractivity contribution < 1.29 is 4.79 Å². The third kappa shape index (κ3) is 2.64. The zero-order valence-corrected chi connectivity index (χ0v) is 14.6. The lowest BCUT2D eigenvalue weighted by Crippen LogP contribution is -2.44. The highest BCUT2D eigenvalue weighted by Crippen LogP contribution is 2.32. The number of aromatic nitrogens is 2. The van der Waals surface area contributed by atoms with Crippen molar-refractivity contribution in [2.75, 3.05) is 13.1 Å². The summed E-state index contributed by atoms with van der Waals surface area (Å²) in [6.45, 7) is 6.19. The maximum Gasteiger partial charge on any atom is 0.274 e. The molecule has 0 unspecified atom stereocenters. The molecule has 0 bridgehead atoms. The molecule has 24 heavy (non-hydrogen) atoms. The van der Waals surface area contributed by atoms with Gasteiger partial charge in [-0.25, -0.2) is 4.68 Å². The van der Waals surface area contributed by atoms with Gasteiger partial charge < -0.3 is 4.90 Å². The minimum Gasteiger partial charge on any atom is -0.337 e. The molecule has 0 atom stereocenters. The molecule has 0 saturated carbocycles. The van der Waals surface area contributed by atoms with Crippen molar-refractivity contribution in [3.8, 4) is 5.69 Å². The van der Waals surface area contributed by atoms with Gasteiger partial charge in [-0.1, -0.05) is 32.0 Å². The third-order valence-electron chi connectivity index (χ3n) is 5.32. The van der Waals surface area contributed by atoms with Crippen LogP contribution >= 0.6 is 0 Å². The van der Waals surface area contributed by atoms with Crippen LogP contribution < -0.4 is 0 Å². The first-order valence-corrected chi connectivity index (χ1v) is 9.01. The number of fused-ring (bicyclic) bond motifs is 1. The molecule has 1 aliphatic carbocycles. The van der Waals surface area contributed by atoms with E-state index >= 15 is 0 Å². The van der Waals surface area contributed by atoms with E-state index in [-0.39, 0.29) is 11.3 Å². The first-order chi connectivity index (χ1) is 11.6. The predicted molar refractivity (Wildman–Crippen MR) is 94.5 cm³/mol. The second-order valence-corrected chi connectivity index (χ2v) is 7.87. The fourth-order valence-electron chi connectivity index (χ4n) is 4.14. The molecular formula is C20H25N3O. The minimum atomic E-state index is 0.121. The minimum absolute atomic E-state index is 0.121. The lowest BCUT2D eigenvalue weighted by molar-refractivity contribution is 0.0576. The first-order valence-electron chi connectivity index (χ1n) is 9.01. The second kappa shape index (κ2) is 5.76. The number of para-hydroxylation sites is 1. The molecule has 2 aromatic rings. The van der Waals surface area contributed by atoms with E-state index in [1.54, 1.807) is 0 Å². The molecule has 4 heteroatoms. The van der Waals surface area contributed by atoms with Gasteiger partial charge >= 0.3 is 0 Å². The molecule has 0 radical (unpaired) electrons. The molecule has 126 valence electrons. The highest BCUT2D eigenvalue weighted by atomic mass is 16.2. The summed E-state index contributed by atoms with van der Waals surface area (Å²) in [5, 5.41) is 4.75. The Bertz CT molecular complexity index is 761. The number of carbonyl (C=O) groups excluding carboxylic acids is 1. The van der Waals surface area contributed by atoms with Gasteiger partial charge in [0.1, 0.15) is 0 Å². The molecule has 4 rings (SSSR count). The van der Waals surface area contributed by atoms with Crippen molar-refractivity contribution in [2.24, 2.45) is 5.41 Å². The van der Waals surface area contributed by atoms with E-state index in [0.29, 0.717) is 5.69 Å². The molecule has 0 N–H and O–H groups in total. The number of likely N-dealkylation sites (tertiary alicyclic amines) is 1. The number of rotatable bonds is 2. The highest BCUT2D eigenvalue weighted by molar-refractivity contribution is 5.94. The maximum absolute atomic E-state index is 13.1. The van der Waals surface area contributed by atoms with Gasteiger partial charge in [-0.05, 0) is 49.7 Å². The van der Waals surface area contributed by atoms with E-state index < -0.39 is 0 Å². The fourth-order valence-corrected chi connectivity index (χ4v) is 4.14. The Hall–Kier alpha value is -2.10. The molecular weight excluding hydrogens is 298 g/mol. The highest BCUT2D eigenvalue weighted by Gasteiger charge is 2.34. The van der Waals surface area contributed by atoms with Crippen LogP contribution in [0.5, 0.6) is 0 Å². The van der Waals surface area contributed by atoms with Crippen molar-refractivity contribution in [2.45, 2.75) is 46.0 Å². The van der Waals surface area contributed by atoms with Crippen LogP contribution in [-0.4, -0.2) is 33.7 Å². The lowest BCUT2D eigenvalue weighted by atomic mass is 9.84. The Labute approximate surface area is 143 Å². The van der Waals surface area contributed by atoms with E-state index in [1.807, 2.05) is 27.8 Å². The number of carbonyl (C=O) groups is 1. The number of piperidine rings is 1. The maximum atomic E-state index is 13.1. The number of nitrogens with zero attached hydrogens (tertiary/aromatic N) is 3. The van der Waals surface area contributed by atoms with Crippen LogP contribution in [0.25, 0.3) is 5.69 Å². The Morgan fingerprint density at radius 1 is 1.12 bits per heavy atom. The van der Waals surface area contributed by atoms with E-state index in [2.05, 4.69) is 26.0 Å². The van der Waals surface area contributed by atoms with Crippen molar-refractivity contribution in [3.05, 3.63) is 47.3 Å². The van der Waals surface area contributed by atoms with Gasteiger partial charge in [0, 0.05) is 24.3 Å². The summed E-state index contributed by atoms with van der Waals surface area (Å²) in [6, 6.07) is 10.2. The van der Waals surface area contributed by atoms with Crippen molar-refractivity contribution >= 4 is 5.91 Å². The summed E-state index contributed by atoms with van der Waals surface area (Å²) in [6.07, 6.45) is 5.37. The average molecular weight is 323 g/mol. The Morgan fingerprint density at radius 3 is 2.67 bits per heavy atom. The van der Waals surface area contributed by atoms with Gasteiger partial charge in [0.25, 0.3) is 5.91 Å². The van der Waals surface area contributed by atoms with Gasteiger partial charge in [-0.15, -0.1) is 0 Å². The van der Waals surface area contributed by atoms with E-state index in [0.717, 1.165) is 44.5 Å². The first kappa shape index (κ1) is 15.4. The molecule has 1 aromatic heterocycles. The molecule has 1 aromatic carbocycles. The van der Waals surface area contributed by atoms with Crippen LogP contribution in [0.1, 0.15) is 54.9 Å². The van der Waals surface area contributed by atoms with Crippen LogP contribution in [-0.2, 0) is 12.8 Å². The molecule has 1 saturated heterocycles. The number of benzene rings is 1. The van der Waals surface area contributed by atoms with Crippen molar-refractivity contribution in [3.63, 3.8) is 0 Å². The SMILES string of the molecule is CC1(C)CCCN(C(=O)c2nn(-c3ccccc3)c3c2CCC3)C1. The summed E-state index contributed by atoms with van der Waals surface area (Å²) in [5.74, 6) is 0.121. The third-order valence-corrected chi connectivity index (χ3v) is 5.32. The quantitative estimate of drug-likeness (QED) is 0.846. The number of hydrogen-bond donors (Lipinski definition) is 0. The Balaban J connectivity index is 1.70. The van der Waals surface area contributed by atoms with E-state index in [4.69, 9.17) is 5.10 Å². The monoisotopic (exact) mass is 323 g/mol. The largest absolute Gasteiger partial charge is 0.337 e.